The molecule has 0 atom stereocenters. The maximum Gasteiger partial charge on any atom is 0.224 e. The van der Waals surface area contributed by atoms with E-state index in [-0.39, 0.29) is 18.3 Å². The fourth-order valence-electron chi connectivity index (χ4n) is 2.36. The maximum atomic E-state index is 12.1. The van der Waals surface area contributed by atoms with Gasteiger partial charge in [-0.15, -0.1) is 12.4 Å². The Kier molecular flexibility index (Phi) is 6.44. The number of aryl methyl sites for hydroxylation is 4. The van der Waals surface area contributed by atoms with Crippen LogP contribution in [0.5, 0.6) is 0 Å². The lowest BCUT2D eigenvalue weighted by molar-refractivity contribution is -0.116. The summed E-state index contributed by atoms with van der Waals surface area (Å²) in [5.74, 6) is 0.0173. The van der Waals surface area contributed by atoms with Crippen molar-refractivity contribution in [3.63, 3.8) is 0 Å². The van der Waals surface area contributed by atoms with Crippen molar-refractivity contribution < 1.29 is 4.79 Å². The van der Waals surface area contributed by atoms with Gasteiger partial charge in [-0.1, -0.05) is 29.8 Å². The molecule has 2 aromatic rings. The van der Waals surface area contributed by atoms with Gasteiger partial charge in [0.25, 0.3) is 0 Å². The third-order valence-corrected chi connectivity index (χ3v) is 3.66. The molecule has 0 aliphatic rings. The number of benzene rings is 2. The quantitative estimate of drug-likeness (QED) is 0.831. The minimum atomic E-state index is 0. The summed E-state index contributed by atoms with van der Waals surface area (Å²) >= 11 is 0. The summed E-state index contributed by atoms with van der Waals surface area (Å²) in [5.41, 5.74) is 11.9. The van der Waals surface area contributed by atoms with Crippen LogP contribution in [0, 0.1) is 20.8 Å². The molecule has 118 valence electrons. The van der Waals surface area contributed by atoms with E-state index in [2.05, 4.69) is 37.4 Å². The number of rotatable bonds is 4. The van der Waals surface area contributed by atoms with E-state index in [0.717, 1.165) is 17.7 Å². The normalized spacial score (nSPS) is 9.95. The Labute approximate surface area is 138 Å². The third kappa shape index (κ3) is 4.78. The zero-order valence-electron chi connectivity index (χ0n) is 13.3. The first-order valence-electron chi connectivity index (χ1n) is 7.18. The van der Waals surface area contributed by atoms with Crippen LogP contribution in [0.2, 0.25) is 0 Å². The Balaban J connectivity index is 0.00000242. The average Bonchev–Trinajstić information content (AvgIpc) is 2.42. The molecule has 4 heteroatoms. The Bertz CT molecular complexity index is 668. The zero-order valence-corrected chi connectivity index (χ0v) is 14.1. The van der Waals surface area contributed by atoms with Gasteiger partial charge in [-0.3, -0.25) is 4.79 Å². The van der Waals surface area contributed by atoms with Crippen molar-refractivity contribution in [3.8, 4) is 0 Å². The maximum absolute atomic E-state index is 12.1. The van der Waals surface area contributed by atoms with Crippen molar-refractivity contribution in [2.45, 2.75) is 33.6 Å². The molecule has 0 saturated carbocycles. The summed E-state index contributed by atoms with van der Waals surface area (Å²) in [4.78, 5) is 12.1. The molecule has 2 rings (SSSR count). The summed E-state index contributed by atoms with van der Waals surface area (Å²) < 4.78 is 0. The molecule has 3 nitrogen and oxygen atoms in total. The molecule has 0 fully saturated rings. The van der Waals surface area contributed by atoms with Crippen LogP contribution in [0.15, 0.2) is 36.4 Å². The predicted molar refractivity (Wildman–Crippen MR) is 95.7 cm³/mol. The summed E-state index contributed by atoms with van der Waals surface area (Å²) in [6, 6.07) is 11.9. The van der Waals surface area contributed by atoms with E-state index in [1.54, 1.807) is 6.07 Å². The summed E-state index contributed by atoms with van der Waals surface area (Å²) in [6.07, 6.45) is 1.22. The van der Waals surface area contributed by atoms with Crippen molar-refractivity contribution in [2.75, 3.05) is 11.1 Å². The lowest BCUT2D eigenvalue weighted by atomic mass is 10.0. The highest BCUT2D eigenvalue weighted by atomic mass is 35.5. The number of hydrogen-bond acceptors (Lipinski definition) is 2. The van der Waals surface area contributed by atoms with Crippen molar-refractivity contribution in [1.29, 1.82) is 0 Å². The van der Waals surface area contributed by atoms with Gasteiger partial charge in [-0.2, -0.15) is 0 Å². The minimum Gasteiger partial charge on any atom is -0.399 e. The van der Waals surface area contributed by atoms with Crippen molar-refractivity contribution in [2.24, 2.45) is 0 Å². The second kappa shape index (κ2) is 7.85. The largest absolute Gasteiger partial charge is 0.399 e. The monoisotopic (exact) mass is 318 g/mol. The number of nitrogen functional groups attached to an aromatic ring is 1. The standard InChI is InChI=1S/C18H22N2O.ClH/c1-12-4-6-15(14(3)10-12)7-9-18(21)20-17-11-16(19)8-5-13(17)2;/h4-6,8,10-11H,7,9,19H2,1-3H3,(H,20,21);1H. The fraction of sp³-hybridized carbons (Fsp3) is 0.278. The van der Waals surface area contributed by atoms with E-state index < -0.39 is 0 Å². The molecule has 0 saturated heterocycles. The highest BCUT2D eigenvalue weighted by Crippen LogP contribution is 2.19. The van der Waals surface area contributed by atoms with Crippen LogP contribution in [0.4, 0.5) is 11.4 Å². The highest BCUT2D eigenvalue weighted by Gasteiger charge is 2.07. The van der Waals surface area contributed by atoms with Crippen LogP contribution in [0.25, 0.3) is 0 Å². The number of hydrogen-bond donors (Lipinski definition) is 2. The molecule has 0 aromatic heterocycles. The Morgan fingerprint density at radius 3 is 2.45 bits per heavy atom. The molecule has 1 amide bonds. The molecule has 3 N–H and O–H groups in total. The van der Waals surface area contributed by atoms with Gasteiger partial charge in [-0.25, -0.2) is 0 Å². The minimum absolute atomic E-state index is 0. The van der Waals surface area contributed by atoms with Crippen molar-refractivity contribution in [3.05, 3.63) is 58.7 Å². The van der Waals surface area contributed by atoms with Gasteiger partial charge in [0, 0.05) is 17.8 Å². The second-order valence-electron chi connectivity index (χ2n) is 5.55. The van der Waals surface area contributed by atoms with E-state index in [4.69, 9.17) is 5.73 Å². The van der Waals surface area contributed by atoms with Crippen LogP contribution < -0.4 is 11.1 Å². The van der Waals surface area contributed by atoms with E-state index in [0.29, 0.717) is 12.1 Å². The van der Waals surface area contributed by atoms with Gasteiger partial charge >= 0.3 is 0 Å². The van der Waals surface area contributed by atoms with Crippen LogP contribution in [-0.2, 0) is 11.2 Å². The number of carbonyl (C=O) groups is 1. The lowest BCUT2D eigenvalue weighted by Gasteiger charge is -2.10. The Morgan fingerprint density at radius 2 is 1.77 bits per heavy atom. The van der Waals surface area contributed by atoms with Gasteiger partial charge in [0.1, 0.15) is 0 Å². The first-order chi connectivity index (χ1) is 9.95. The van der Waals surface area contributed by atoms with Gasteiger partial charge in [0.05, 0.1) is 0 Å². The number of nitrogens with one attached hydrogen (secondary N) is 1. The molecule has 0 radical (unpaired) electrons. The van der Waals surface area contributed by atoms with E-state index in [9.17, 15) is 4.79 Å². The van der Waals surface area contributed by atoms with Crippen LogP contribution in [0.1, 0.15) is 28.7 Å². The van der Waals surface area contributed by atoms with E-state index in [1.165, 1.54) is 16.7 Å². The summed E-state index contributed by atoms with van der Waals surface area (Å²) in [6.45, 7) is 6.12. The molecule has 0 unspecified atom stereocenters. The molecule has 22 heavy (non-hydrogen) atoms. The highest BCUT2D eigenvalue weighted by molar-refractivity contribution is 5.92. The summed E-state index contributed by atoms with van der Waals surface area (Å²) in [7, 11) is 0. The fourth-order valence-corrected chi connectivity index (χ4v) is 2.36. The molecular weight excluding hydrogens is 296 g/mol. The Hall–Kier alpha value is -2.00. The molecule has 0 heterocycles. The molecule has 0 bridgehead atoms. The number of anilines is 2. The van der Waals surface area contributed by atoms with Crippen LogP contribution >= 0.6 is 12.4 Å². The number of carbonyl (C=O) groups excluding carboxylic acids is 1. The van der Waals surface area contributed by atoms with E-state index in [1.807, 2.05) is 19.1 Å². The topological polar surface area (TPSA) is 55.1 Å². The number of amides is 1. The summed E-state index contributed by atoms with van der Waals surface area (Å²) in [5, 5.41) is 2.93. The lowest BCUT2D eigenvalue weighted by Crippen LogP contribution is -2.13. The Morgan fingerprint density at radius 1 is 1.05 bits per heavy atom. The van der Waals surface area contributed by atoms with Crippen molar-refractivity contribution >= 4 is 29.7 Å². The van der Waals surface area contributed by atoms with Crippen LogP contribution in [0.3, 0.4) is 0 Å². The SMILES string of the molecule is Cc1ccc(CCC(=O)Nc2cc(N)ccc2C)c(C)c1.Cl. The van der Waals surface area contributed by atoms with Gasteiger partial charge in [0.2, 0.25) is 5.91 Å². The first-order valence-corrected chi connectivity index (χ1v) is 7.18. The molecular formula is C18H23ClN2O. The predicted octanol–water partition coefficient (Wildman–Crippen LogP) is 4.19. The first kappa shape index (κ1) is 18.1. The van der Waals surface area contributed by atoms with Gasteiger partial charge < -0.3 is 11.1 Å². The van der Waals surface area contributed by atoms with Crippen LogP contribution in [-0.4, -0.2) is 5.91 Å². The smallest absolute Gasteiger partial charge is 0.224 e. The van der Waals surface area contributed by atoms with Gasteiger partial charge in [0.15, 0.2) is 0 Å². The molecule has 2 aromatic carbocycles. The zero-order chi connectivity index (χ0) is 15.4. The molecule has 0 aliphatic carbocycles. The van der Waals surface area contributed by atoms with Crippen molar-refractivity contribution in [1.82, 2.24) is 0 Å². The average molecular weight is 319 g/mol. The number of halogens is 1. The third-order valence-electron chi connectivity index (χ3n) is 3.66. The van der Waals surface area contributed by atoms with Gasteiger partial charge in [-0.05, 0) is 56.0 Å². The molecule has 0 spiro atoms. The molecule has 0 aliphatic heterocycles. The van der Waals surface area contributed by atoms with E-state index >= 15 is 0 Å². The number of nitrogens with two attached hydrogens (primary N) is 1. The second-order valence-corrected chi connectivity index (χ2v) is 5.55.